The summed E-state index contributed by atoms with van der Waals surface area (Å²) in [7, 11) is 0. The number of hydrogen-bond acceptors (Lipinski definition) is 5. The van der Waals surface area contributed by atoms with E-state index in [1.54, 1.807) is 0 Å². The normalized spacial score (nSPS) is 23.1. The number of benzene rings is 2. The van der Waals surface area contributed by atoms with Crippen LogP contribution in [0.5, 0.6) is 0 Å². The van der Waals surface area contributed by atoms with Crippen LogP contribution in [0.4, 0.5) is 0 Å². The number of piperidine rings is 2. The summed E-state index contributed by atoms with van der Waals surface area (Å²) in [6.45, 7) is 6.45. The van der Waals surface area contributed by atoms with Gasteiger partial charge in [-0.2, -0.15) is 4.98 Å². The van der Waals surface area contributed by atoms with Crippen molar-refractivity contribution in [3.8, 4) is 11.4 Å². The molecule has 1 atom stereocenters. The van der Waals surface area contributed by atoms with Gasteiger partial charge >= 0.3 is 0 Å². The maximum absolute atomic E-state index is 5.58. The van der Waals surface area contributed by atoms with Crippen molar-refractivity contribution in [2.75, 3.05) is 26.2 Å². The zero-order chi connectivity index (χ0) is 20.2. The van der Waals surface area contributed by atoms with Crippen LogP contribution in [0.2, 0.25) is 0 Å². The number of aromatic nitrogens is 2. The lowest BCUT2D eigenvalue weighted by Crippen LogP contribution is -2.51. The molecule has 5 rings (SSSR count). The first kappa shape index (κ1) is 19.5. The Bertz CT molecular complexity index is 938. The molecule has 0 unspecified atom stereocenters. The van der Waals surface area contributed by atoms with Crippen LogP contribution < -0.4 is 0 Å². The van der Waals surface area contributed by atoms with Gasteiger partial charge in [-0.05, 0) is 49.8 Å². The molecule has 2 fully saturated rings. The number of likely N-dealkylation sites (tertiary alicyclic amines) is 2. The van der Waals surface area contributed by atoms with Crippen molar-refractivity contribution in [1.82, 2.24) is 19.9 Å². The van der Waals surface area contributed by atoms with E-state index in [0.717, 1.165) is 37.6 Å². The predicted octanol–water partition coefficient (Wildman–Crippen LogP) is 4.61. The third kappa shape index (κ3) is 4.47. The summed E-state index contributed by atoms with van der Waals surface area (Å²) in [4.78, 5) is 9.83. The Balaban J connectivity index is 1.23. The Morgan fingerprint density at radius 3 is 2.13 bits per heavy atom. The first-order chi connectivity index (χ1) is 14.8. The monoisotopic (exact) mass is 402 g/mol. The van der Waals surface area contributed by atoms with Gasteiger partial charge in [-0.15, -0.1) is 0 Å². The largest absolute Gasteiger partial charge is 0.338 e. The topological polar surface area (TPSA) is 45.4 Å². The second-order valence-corrected chi connectivity index (χ2v) is 8.99. The zero-order valence-corrected chi connectivity index (χ0v) is 17.5. The van der Waals surface area contributed by atoms with Crippen LogP contribution in [-0.4, -0.2) is 46.1 Å². The molecule has 3 aromatic rings. The minimum Gasteiger partial charge on any atom is -0.338 e. The molecule has 0 radical (unpaired) electrons. The molecular weight excluding hydrogens is 372 g/mol. The summed E-state index contributed by atoms with van der Waals surface area (Å²) in [6.07, 6.45) is 5.19. The molecule has 0 amide bonds. The minimum atomic E-state index is 0.396. The van der Waals surface area contributed by atoms with Gasteiger partial charge in [-0.1, -0.05) is 65.8 Å². The quantitative estimate of drug-likeness (QED) is 0.623. The van der Waals surface area contributed by atoms with E-state index in [0.29, 0.717) is 11.2 Å². The molecule has 5 heteroatoms. The number of hydrogen-bond donors (Lipinski definition) is 0. The van der Waals surface area contributed by atoms with Crippen LogP contribution in [-0.2, 0) is 13.1 Å². The molecule has 0 N–H and O–H groups in total. The molecular formula is C25H30N4O. The molecule has 0 bridgehead atoms. The van der Waals surface area contributed by atoms with Crippen molar-refractivity contribution in [3.63, 3.8) is 0 Å². The molecule has 30 heavy (non-hydrogen) atoms. The summed E-state index contributed by atoms with van der Waals surface area (Å²) in [5.74, 6) is 1.41. The van der Waals surface area contributed by atoms with Crippen molar-refractivity contribution in [2.24, 2.45) is 5.41 Å². The Kier molecular flexibility index (Phi) is 5.65. The standard InChI is InChI=1S/C25H30N4O/c1-3-9-21(10-4-1)17-28-15-7-13-25(19-28)14-8-16-29(20-25)18-23-26-24(27-30-23)22-11-5-2-6-12-22/h1-6,9-12H,7-8,13-20H2/t25-/m0/s1. The van der Waals surface area contributed by atoms with Gasteiger partial charge in [0.2, 0.25) is 11.7 Å². The summed E-state index contributed by atoms with van der Waals surface area (Å²) < 4.78 is 5.58. The fraction of sp³-hybridized carbons (Fsp3) is 0.440. The molecule has 1 spiro atoms. The molecule has 1 aromatic heterocycles. The first-order valence-corrected chi connectivity index (χ1v) is 11.1. The average Bonchev–Trinajstić information content (AvgIpc) is 3.24. The molecule has 0 saturated carbocycles. The Labute approximate surface area is 178 Å². The Morgan fingerprint density at radius 1 is 0.800 bits per heavy atom. The average molecular weight is 403 g/mol. The lowest BCUT2D eigenvalue weighted by molar-refractivity contribution is 0.00462. The van der Waals surface area contributed by atoms with Gasteiger partial charge in [-0.25, -0.2) is 0 Å². The highest BCUT2D eigenvalue weighted by Gasteiger charge is 2.39. The van der Waals surface area contributed by atoms with Crippen molar-refractivity contribution in [3.05, 3.63) is 72.1 Å². The highest BCUT2D eigenvalue weighted by molar-refractivity contribution is 5.53. The van der Waals surface area contributed by atoms with Crippen molar-refractivity contribution in [1.29, 1.82) is 0 Å². The fourth-order valence-electron chi connectivity index (χ4n) is 5.28. The predicted molar refractivity (Wildman–Crippen MR) is 118 cm³/mol. The zero-order valence-electron chi connectivity index (χ0n) is 17.5. The maximum Gasteiger partial charge on any atom is 0.241 e. The first-order valence-electron chi connectivity index (χ1n) is 11.1. The summed E-state index contributed by atoms with van der Waals surface area (Å²) in [6, 6.07) is 20.9. The van der Waals surface area contributed by atoms with E-state index in [1.807, 2.05) is 30.3 Å². The van der Waals surface area contributed by atoms with Crippen molar-refractivity contribution in [2.45, 2.75) is 38.8 Å². The third-order valence-corrected chi connectivity index (χ3v) is 6.59. The van der Waals surface area contributed by atoms with Crippen molar-refractivity contribution >= 4 is 0 Å². The van der Waals surface area contributed by atoms with Crippen molar-refractivity contribution < 1.29 is 4.52 Å². The molecule has 5 nitrogen and oxygen atoms in total. The van der Waals surface area contributed by atoms with Crippen LogP contribution in [0.15, 0.2) is 65.2 Å². The molecule has 2 aromatic carbocycles. The van der Waals surface area contributed by atoms with E-state index in [2.05, 4.69) is 50.3 Å². The van der Waals surface area contributed by atoms with Crippen LogP contribution in [0, 0.1) is 5.41 Å². The van der Waals surface area contributed by atoms with E-state index >= 15 is 0 Å². The summed E-state index contributed by atoms with van der Waals surface area (Å²) in [5.41, 5.74) is 2.82. The van der Waals surface area contributed by atoms with Crippen LogP contribution in [0.1, 0.15) is 37.1 Å². The van der Waals surface area contributed by atoms with Gasteiger partial charge in [0.05, 0.1) is 6.54 Å². The SMILES string of the molecule is c1ccc(CN2CCC[C@]3(CCCN(Cc4nc(-c5ccccc5)no4)C3)C2)cc1. The summed E-state index contributed by atoms with van der Waals surface area (Å²) >= 11 is 0. The molecule has 2 aliphatic rings. The Morgan fingerprint density at radius 2 is 1.43 bits per heavy atom. The summed E-state index contributed by atoms with van der Waals surface area (Å²) in [5, 5.41) is 4.19. The van der Waals surface area contributed by atoms with E-state index in [1.165, 1.54) is 44.3 Å². The van der Waals surface area contributed by atoms with Gasteiger partial charge in [0, 0.05) is 25.2 Å². The van der Waals surface area contributed by atoms with Gasteiger partial charge < -0.3 is 4.52 Å². The molecule has 2 aliphatic heterocycles. The number of nitrogens with zero attached hydrogens (tertiary/aromatic N) is 4. The molecule has 2 saturated heterocycles. The molecule has 0 aliphatic carbocycles. The van der Waals surface area contributed by atoms with E-state index in [9.17, 15) is 0 Å². The van der Waals surface area contributed by atoms with E-state index in [-0.39, 0.29) is 0 Å². The number of rotatable bonds is 5. The smallest absolute Gasteiger partial charge is 0.241 e. The maximum atomic E-state index is 5.58. The van der Waals surface area contributed by atoms with Crippen LogP contribution >= 0.6 is 0 Å². The van der Waals surface area contributed by atoms with Gasteiger partial charge in [0.1, 0.15) is 0 Å². The fourth-order valence-corrected chi connectivity index (χ4v) is 5.28. The van der Waals surface area contributed by atoms with E-state index < -0.39 is 0 Å². The molecule has 3 heterocycles. The Hall–Kier alpha value is -2.50. The third-order valence-electron chi connectivity index (χ3n) is 6.59. The molecule has 156 valence electrons. The second-order valence-electron chi connectivity index (χ2n) is 8.99. The van der Waals surface area contributed by atoms with E-state index in [4.69, 9.17) is 4.52 Å². The lowest BCUT2D eigenvalue weighted by Gasteiger charge is -2.48. The van der Waals surface area contributed by atoms with Crippen LogP contribution in [0.25, 0.3) is 11.4 Å². The lowest BCUT2D eigenvalue weighted by atomic mass is 9.73. The highest BCUT2D eigenvalue weighted by atomic mass is 16.5. The second kappa shape index (κ2) is 8.70. The van der Waals surface area contributed by atoms with Gasteiger partial charge in [0.25, 0.3) is 0 Å². The van der Waals surface area contributed by atoms with Gasteiger partial charge in [-0.3, -0.25) is 9.80 Å². The highest BCUT2D eigenvalue weighted by Crippen LogP contribution is 2.39. The van der Waals surface area contributed by atoms with Crippen LogP contribution in [0.3, 0.4) is 0 Å². The van der Waals surface area contributed by atoms with Gasteiger partial charge in [0.15, 0.2) is 0 Å². The minimum absolute atomic E-state index is 0.396.